The van der Waals surface area contributed by atoms with Gasteiger partial charge in [-0.05, 0) is 32.9 Å². The van der Waals surface area contributed by atoms with Gasteiger partial charge in [-0.15, -0.1) is 5.10 Å². The summed E-state index contributed by atoms with van der Waals surface area (Å²) in [5.74, 6) is -0.216. The molecule has 3 atom stereocenters. The van der Waals surface area contributed by atoms with Gasteiger partial charge in [0, 0.05) is 31.9 Å². The largest absolute Gasteiger partial charge is 0.373 e. The lowest BCUT2D eigenvalue weighted by molar-refractivity contribution is -0.122. The van der Waals surface area contributed by atoms with Crippen LogP contribution in [0.3, 0.4) is 0 Å². The zero-order valence-electron chi connectivity index (χ0n) is 14.9. The predicted molar refractivity (Wildman–Crippen MR) is 93.5 cm³/mol. The van der Waals surface area contributed by atoms with E-state index in [-0.39, 0.29) is 36.4 Å². The van der Waals surface area contributed by atoms with Crippen molar-refractivity contribution in [3.05, 3.63) is 34.9 Å². The molecule has 1 N–H and O–H groups in total. The molecule has 0 radical (unpaired) electrons. The zero-order valence-corrected chi connectivity index (χ0v) is 14.9. The minimum Gasteiger partial charge on any atom is -0.373 e. The van der Waals surface area contributed by atoms with Crippen molar-refractivity contribution in [1.82, 2.24) is 24.4 Å². The van der Waals surface area contributed by atoms with Crippen LogP contribution in [0.15, 0.2) is 29.2 Å². The molecule has 8 nitrogen and oxygen atoms in total. The first-order valence-corrected chi connectivity index (χ1v) is 8.64. The molecule has 1 fully saturated rings. The standard InChI is InChI=1S/C17H25N5O3/c1-12(20-9-13(2)25-14(3)10-20)8-18-16(23)11-22-17(24)21-7-5-4-6-15(21)19-22/h4-7,12-14H,8-11H2,1-3H3,(H,18,23)/t12-,13+,14+/m0/s1. The van der Waals surface area contributed by atoms with Crippen molar-refractivity contribution in [1.29, 1.82) is 0 Å². The molecule has 0 unspecified atom stereocenters. The molecular weight excluding hydrogens is 322 g/mol. The van der Waals surface area contributed by atoms with E-state index >= 15 is 0 Å². The Balaban J connectivity index is 1.55. The first-order chi connectivity index (χ1) is 11.9. The van der Waals surface area contributed by atoms with Crippen LogP contribution in [0.25, 0.3) is 5.65 Å². The normalized spacial score (nSPS) is 22.8. The van der Waals surface area contributed by atoms with Gasteiger partial charge in [0.05, 0.1) is 12.2 Å². The van der Waals surface area contributed by atoms with E-state index in [4.69, 9.17) is 4.74 Å². The summed E-state index contributed by atoms with van der Waals surface area (Å²) in [6, 6.07) is 5.50. The molecule has 1 aliphatic heterocycles. The highest BCUT2D eigenvalue weighted by atomic mass is 16.5. The van der Waals surface area contributed by atoms with Crippen LogP contribution in [-0.4, -0.2) is 62.9 Å². The van der Waals surface area contributed by atoms with Crippen LogP contribution in [0, 0.1) is 0 Å². The minimum absolute atomic E-state index is 0.0802. The highest BCUT2D eigenvalue weighted by molar-refractivity contribution is 5.75. The van der Waals surface area contributed by atoms with E-state index in [1.165, 1.54) is 9.08 Å². The molecule has 0 aliphatic carbocycles. The highest BCUT2D eigenvalue weighted by Crippen LogP contribution is 2.13. The van der Waals surface area contributed by atoms with Crippen LogP contribution < -0.4 is 11.0 Å². The summed E-state index contributed by atoms with van der Waals surface area (Å²) >= 11 is 0. The van der Waals surface area contributed by atoms with Gasteiger partial charge in [-0.25, -0.2) is 9.48 Å². The van der Waals surface area contributed by atoms with Crippen LogP contribution in [0.1, 0.15) is 20.8 Å². The third kappa shape index (κ3) is 4.08. The van der Waals surface area contributed by atoms with Crippen LogP contribution >= 0.6 is 0 Å². The Morgan fingerprint density at radius 1 is 1.36 bits per heavy atom. The summed E-state index contributed by atoms with van der Waals surface area (Å²) in [5.41, 5.74) is 0.222. The number of rotatable bonds is 5. The second-order valence-corrected chi connectivity index (χ2v) is 6.73. The molecule has 1 aliphatic rings. The Hall–Kier alpha value is -2.19. The topological polar surface area (TPSA) is 80.9 Å². The number of hydrogen-bond acceptors (Lipinski definition) is 5. The number of nitrogens with zero attached hydrogens (tertiary/aromatic N) is 4. The number of carbonyl (C=O) groups excluding carboxylic acids is 1. The maximum absolute atomic E-state index is 12.2. The maximum Gasteiger partial charge on any atom is 0.350 e. The second kappa shape index (κ2) is 7.37. The van der Waals surface area contributed by atoms with Gasteiger partial charge >= 0.3 is 5.69 Å². The van der Waals surface area contributed by atoms with Gasteiger partial charge < -0.3 is 10.1 Å². The Kier molecular flexibility index (Phi) is 5.19. The molecule has 0 saturated carbocycles. The van der Waals surface area contributed by atoms with Gasteiger partial charge in [0.15, 0.2) is 5.65 Å². The molecule has 136 valence electrons. The molecular formula is C17H25N5O3. The van der Waals surface area contributed by atoms with Gasteiger partial charge in [0.25, 0.3) is 0 Å². The van der Waals surface area contributed by atoms with Gasteiger partial charge in [-0.2, -0.15) is 0 Å². The van der Waals surface area contributed by atoms with Gasteiger partial charge in [-0.1, -0.05) is 6.07 Å². The summed E-state index contributed by atoms with van der Waals surface area (Å²) in [5, 5.41) is 7.07. The van der Waals surface area contributed by atoms with E-state index in [2.05, 4.69) is 36.1 Å². The van der Waals surface area contributed by atoms with Gasteiger partial charge in [0.1, 0.15) is 6.54 Å². The Morgan fingerprint density at radius 3 is 2.76 bits per heavy atom. The lowest BCUT2D eigenvalue weighted by atomic mass is 10.1. The number of nitrogens with one attached hydrogen (secondary N) is 1. The average Bonchev–Trinajstić information content (AvgIpc) is 2.88. The number of pyridine rings is 1. The molecule has 0 bridgehead atoms. The molecule has 0 aromatic carbocycles. The number of amides is 1. The number of aromatic nitrogens is 3. The minimum atomic E-state index is -0.311. The van der Waals surface area contributed by atoms with E-state index < -0.39 is 0 Å². The Bertz CT molecular complexity index is 789. The fourth-order valence-electron chi connectivity index (χ4n) is 3.23. The second-order valence-electron chi connectivity index (χ2n) is 6.73. The van der Waals surface area contributed by atoms with Crippen molar-refractivity contribution in [2.24, 2.45) is 0 Å². The van der Waals surface area contributed by atoms with E-state index in [9.17, 15) is 9.59 Å². The monoisotopic (exact) mass is 347 g/mol. The smallest absolute Gasteiger partial charge is 0.350 e. The summed E-state index contributed by atoms with van der Waals surface area (Å²) in [7, 11) is 0. The molecule has 25 heavy (non-hydrogen) atoms. The fraction of sp³-hybridized carbons (Fsp3) is 0.588. The molecule has 1 saturated heterocycles. The lowest BCUT2D eigenvalue weighted by Crippen LogP contribution is -2.52. The molecule has 2 aromatic heterocycles. The SMILES string of the molecule is C[C@@H]1CN([C@@H](C)CNC(=O)Cn2nc3ccccn3c2=O)C[C@@H](C)O1. The first-order valence-electron chi connectivity index (χ1n) is 8.64. The highest BCUT2D eigenvalue weighted by Gasteiger charge is 2.25. The number of carbonyl (C=O) groups is 1. The first kappa shape index (κ1) is 17.6. The van der Waals surface area contributed by atoms with Crippen molar-refractivity contribution in [2.45, 2.75) is 45.6 Å². The van der Waals surface area contributed by atoms with Gasteiger partial charge in [-0.3, -0.25) is 14.1 Å². The molecule has 2 aromatic rings. The summed E-state index contributed by atoms with van der Waals surface area (Å²) in [4.78, 5) is 26.7. The van der Waals surface area contributed by atoms with E-state index in [1.54, 1.807) is 24.4 Å². The van der Waals surface area contributed by atoms with E-state index in [0.29, 0.717) is 12.2 Å². The Morgan fingerprint density at radius 2 is 2.08 bits per heavy atom. The average molecular weight is 347 g/mol. The molecule has 8 heteroatoms. The van der Waals surface area contributed by atoms with Crippen molar-refractivity contribution < 1.29 is 9.53 Å². The summed E-state index contributed by atoms with van der Waals surface area (Å²) < 4.78 is 8.35. The molecule has 1 amide bonds. The lowest BCUT2D eigenvalue weighted by Gasteiger charge is -2.38. The number of fused-ring (bicyclic) bond motifs is 1. The van der Waals surface area contributed by atoms with Crippen molar-refractivity contribution in [3.8, 4) is 0 Å². The Labute approximate surface area is 146 Å². The molecule has 0 spiro atoms. The van der Waals surface area contributed by atoms with Crippen LogP contribution in [0.2, 0.25) is 0 Å². The van der Waals surface area contributed by atoms with E-state index in [1.807, 2.05) is 0 Å². The predicted octanol–water partition coefficient (Wildman–Crippen LogP) is 0.110. The zero-order chi connectivity index (χ0) is 18.0. The quantitative estimate of drug-likeness (QED) is 0.830. The molecule has 3 rings (SSSR count). The van der Waals surface area contributed by atoms with Crippen LogP contribution in [-0.2, 0) is 16.1 Å². The number of morpholine rings is 1. The van der Waals surface area contributed by atoms with Crippen LogP contribution in [0.4, 0.5) is 0 Å². The van der Waals surface area contributed by atoms with E-state index in [0.717, 1.165) is 13.1 Å². The van der Waals surface area contributed by atoms with Crippen molar-refractivity contribution in [2.75, 3.05) is 19.6 Å². The summed E-state index contributed by atoms with van der Waals surface area (Å²) in [6.07, 6.45) is 2.03. The summed E-state index contributed by atoms with van der Waals surface area (Å²) in [6.45, 7) is 8.36. The third-order valence-corrected chi connectivity index (χ3v) is 4.45. The van der Waals surface area contributed by atoms with Gasteiger partial charge in [0.2, 0.25) is 5.91 Å². The third-order valence-electron chi connectivity index (χ3n) is 4.45. The van der Waals surface area contributed by atoms with Crippen molar-refractivity contribution >= 4 is 11.6 Å². The van der Waals surface area contributed by atoms with Crippen molar-refractivity contribution in [3.63, 3.8) is 0 Å². The maximum atomic E-state index is 12.2. The fourth-order valence-corrected chi connectivity index (χ4v) is 3.23. The van der Waals surface area contributed by atoms with Crippen LogP contribution in [0.5, 0.6) is 0 Å². The number of hydrogen-bond donors (Lipinski definition) is 1. The number of ether oxygens (including phenoxy) is 1. The molecule has 3 heterocycles.